The van der Waals surface area contributed by atoms with Gasteiger partial charge in [-0.25, -0.2) is 0 Å². The molecule has 1 aliphatic rings. The summed E-state index contributed by atoms with van der Waals surface area (Å²) in [5, 5.41) is 0.709. The average Bonchev–Trinajstić information content (AvgIpc) is 2.31. The molecule has 0 bridgehead atoms. The molecule has 0 radical (unpaired) electrons. The van der Waals surface area contributed by atoms with Crippen LogP contribution in [0, 0.1) is 0 Å². The Hall–Kier alpha value is -0.730. The molecule has 0 unspecified atom stereocenters. The lowest BCUT2D eigenvalue weighted by Gasteiger charge is -2.08. The summed E-state index contributed by atoms with van der Waals surface area (Å²) in [6, 6.07) is 3.84. The van der Waals surface area contributed by atoms with Crippen LogP contribution in [0.1, 0.15) is 23.6 Å². The predicted octanol–water partition coefficient (Wildman–Crippen LogP) is 1.87. The molecular weight excluding hydrogens is 172 g/mol. The van der Waals surface area contributed by atoms with E-state index < -0.39 is 0 Å². The van der Waals surface area contributed by atoms with Gasteiger partial charge in [0.2, 0.25) is 0 Å². The zero-order valence-electron chi connectivity index (χ0n) is 6.68. The lowest BCUT2D eigenvalue weighted by molar-refractivity contribution is 0.715. The molecule has 0 fully saturated rings. The second-order valence-electron chi connectivity index (χ2n) is 3.21. The van der Waals surface area contributed by atoms with Gasteiger partial charge in [0.1, 0.15) is 0 Å². The Labute approximate surface area is 76.5 Å². The number of fused-ring (bicyclic) bond motifs is 1. The second kappa shape index (κ2) is 2.64. The first kappa shape index (κ1) is 7.90. The summed E-state index contributed by atoms with van der Waals surface area (Å²) in [4.78, 5) is 0. The molecule has 64 valence electrons. The van der Waals surface area contributed by atoms with Crippen LogP contribution in [0.15, 0.2) is 12.1 Å². The van der Waals surface area contributed by atoms with Crippen LogP contribution in [0.3, 0.4) is 0 Å². The smallest absolute Gasteiger partial charge is 0.0429 e. The van der Waals surface area contributed by atoms with Crippen LogP contribution in [-0.4, -0.2) is 0 Å². The molecule has 2 rings (SSSR count). The summed E-state index contributed by atoms with van der Waals surface area (Å²) < 4.78 is 0. The van der Waals surface area contributed by atoms with Crippen LogP contribution >= 0.6 is 11.6 Å². The van der Waals surface area contributed by atoms with Crippen molar-refractivity contribution in [3.63, 3.8) is 0 Å². The highest BCUT2D eigenvalue weighted by molar-refractivity contribution is 6.31. The lowest BCUT2D eigenvalue weighted by atomic mass is 10.1. The SMILES string of the molecule is Nc1cc(Cl)cc2c1[C@@H](N)CC2. The van der Waals surface area contributed by atoms with Gasteiger partial charge < -0.3 is 11.5 Å². The number of rotatable bonds is 0. The molecule has 3 heteroatoms. The monoisotopic (exact) mass is 182 g/mol. The van der Waals surface area contributed by atoms with Crippen LogP contribution in [0.5, 0.6) is 0 Å². The molecule has 12 heavy (non-hydrogen) atoms. The maximum Gasteiger partial charge on any atom is 0.0429 e. The fourth-order valence-electron chi connectivity index (χ4n) is 1.81. The van der Waals surface area contributed by atoms with Crippen LogP contribution in [0.2, 0.25) is 5.02 Å². The Balaban J connectivity index is 2.60. The molecule has 0 aliphatic heterocycles. The fraction of sp³-hybridized carbons (Fsp3) is 0.333. The molecule has 1 aliphatic carbocycles. The van der Waals surface area contributed by atoms with Crippen LogP contribution in [0.25, 0.3) is 0 Å². The number of benzene rings is 1. The van der Waals surface area contributed by atoms with E-state index in [2.05, 4.69) is 0 Å². The minimum atomic E-state index is 0.109. The molecule has 2 nitrogen and oxygen atoms in total. The van der Waals surface area contributed by atoms with Gasteiger partial charge >= 0.3 is 0 Å². The van der Waals surface area contributed by atoms with Crippen molar-refractivity contribution < 1.29 is 0 Å². The summed E-state index contributed by atoms with van der Waals surface area (Å²) >= 11 is 5.86. The first-order valence-corrected chi connectivity index (χ1v) is 4.39. The van der Waals surface area contributed by atoms with Crippen LogP contribution < -0.4 is 11.5 Å². The van der Waals surface area contributed by atoms with E-state index in [1.165, 1.54) is 5.56 Å². The number of halogens is 1. The molecule has 1 atom stereocenters. The molecule has 0 saturated heterocycles. The van der Waals surface area contributed by atoms with Crippen molar-refractivity contribution in [2.75, 3.05) is 5.73 Å². The highest BCUT2D eigenvalue weighted by Gasteiger charge is 2.21. The van der Waals surface area contributed by atoms with Crippen molar-refractivity contribution in [2.45, 2.75) is 18.9 Å². The van der Waals surface area contributed by atoms with Gasteiger partial charge in [-0.3, -0.25) is 0 Å². The third kappa shape index (κ3) is 1.08. The largest absolute Gasteiger partial charge is 0.398 e. The van der Waals surface area contributed by atoms with Gasteiger partial charge in [-0.05, 0) is 36.1 Å². The number of nitrogens with two attached hydrogens (primary N) is 2. The Kier molecular flexibility index (Phi) is 1.74. The van der Waals surface area contributed by atoms with Gasteiger partial charge in [0.05, 0.1) is 0 Å². The van der Waals surface area contributed by atoms with E-state index in [4.69, 9.17) is 23.1 Å². The number of anilines is 1. The number of hydrogen-bond donors (Lipinski definition) is 2. The van der Waals surface area contributed by atoms with E-state index in [0.29, 0.717) is 5.02 Å². The van der Waals surface area contributed by atoms with Gasteiger partial charge in [0.25, 0.3) is 0 Å². The zero-order chi connectivity index (χ0) is 8.72. The quantitative estimate of drug-likeness (QED) is 0.602. The summed E-state index contributed by atoms with van der Waals surface area (Å²) in [5.41, 5.74) is 14.7. The molecule has 1 aromatic rings. The fourth-order valence-corrected chi connectivity index (χ4v) is 2.06. The Morgan fingerprint density at radius 2 is 2.17 bits per heavy atom. The minimum Gasteiger partial charge on any atom is -0.398 e. The van der Waals surface area contributed by atoms with Gasteiger partial charge in [-0.15, -0.1) is 0 Å². The van der Waals surface area contributed by atoms with Crippen molar-refractivity contribution in [3.8, 4) is 0 Å². The van der Waals surface area contributed by atoms with Crippen molar-refractivity contribution in [2.24, 2.45) is 5.73 Å². The molecule has 0 spiro atoms. The zero-order valence-corrected chi connectivity index (χ0v) is 7.43. The van der Waals surface area contributed by atoms with Crippen molar-refractivity contribution in [1.29, 1.82) is 0 Å². The molecule has 0 heterocycles. The van der Waals surface area contributed by atoms with Crippen LogP contribution in [0.4, 0.5) is 5.69 Å². The first-order chi connectivity index (χ1) is 5.68. The summed E-state index contributed by atoms with van der Waals surface area (Å²) in [7, 11) is 0. The maximum atomic E-state index is 5.87. The lowest BCUT2D eigenvalue weighted by Crippen LogP contribution is -2.07. The van der Waals surface area contributed by atoms with Crippen molar-refractivity contribution >= 4 is 17.3 Å². The maximum absolute atomic E-state index is 5.87. The Morgan fingerprint density at radius 3 is 2.92 bits per heavy atom. The standard InChI is InChI=1S/C9H11ClN2/c10-6-3-5-1-2-7(11)9(5)8(12)4-6/h3-4,7H,1-2,11-12H2/t7-/m0/s1. The Bertz CT molecular complexity index is 323. The molecule has 4 N–H and O–H groups in total. The molecule has 0 saturated carbocycles. The van der Waals surface area contributed by atoms with Gasteiger partial charge in [0, 0.05) is 16.8 Å². The van der Waals surface area contributed by atoms with E-state index in [1.807, 2.05) is 6.07 Å². The van der Waals surface area contributed by atoms with E-state index in [-0.39, 0.29) is 6.04 Å². The number of aryl methyl sites for hydroxylation is 1. The minimum absolute atomic E-state index is 0.109. The van der Waals surface area contributed by atoms with Gasteiger partial charge in [-0.1, -0.05) is 11.6 Å². The number of hydrogen-bond acceptors (Lipinski definition) is 2. The van der Waals surface area contributed by atoms with Gasteiger partial charge in [0.15, 0.2) is 0 Å². The van der Waals surface area contributed by atoms with Crippen LogP contribution in [-0.2, 0) is 6.42 Å². The molecule has 0 amide bonds. The second-order valence-corrected chi connectivity index (χ2v) is 3.65. The molecular formula is C9H11ClN2. The predicted molar refractivity (Wildman–Crippen MR) is 51.1 cm³/mol. The first-order valence-electron chi connectivity index (χ1n) is 4.02. The summed E-state index contributed by atoms with van der Waals surface area (Å²) in [6.07, 6.45) is 1.99. The average molecular weight is 183 g/mol. The topological polar surface area (TPSA) is 52.0 Å². The van der Waals surface area contributed by atoms with E-state index >= 15 is 0 Å². The Morgan fingerprint density at radius 1 is 1.42 bits per heavy atom. The van der Waals surface area contributed by atoms with Crippen molar-refractivity contribution in [1.82, 2.24) is 0 Å². The summed E-state index contributed by atoms with van der Waals surface area (Å²) in [6.45, 7) is 0. The van der Waals surface area contributed by atoms with E-state index in [9.17, 15) is 0 Å². The normalized spacial score (nSPS) is 21.0. The number of nitrogen functional groups attached to an aromatic ring is 1. The van der Waals surface area contributed by atoms with E-state index in [1.54, 1.807) is 6.07 Å². The molecule has 1 aromatic carbocycles. The van der Waals surface area contributed by atoms with E-state index in [0.717, 1.165) is 24.1 Å². The molecule has 0 aromatic heterocycles. The summed E-state index contributed by atoms with van der Waals surface area (Å²) in [5.74, 6) is 0. The highest BCUT2D eigenvalue weighted by Crippen LogP contribution is 2.35. The highest BCUT2D eigenvalue weighted by atomic mass is 35.5. The third-order valence-electron chi connectivity index (χ3n) is 2.36. The van der Waals surface area contributed by atoms with Crippen molar-refractivity contribution in [3.05, 3.63) is 28.3 Å². The third-order valence-corrected chi connectivity index (χ3v) is 2.58. The van der Waals surface area contributed by atoms with Gasteiger partial charge in [-0.2, -0.15) is 0 Å².